The van der Waals surface area contributed by atoms with Gasteiger partial charge in [-0.25, -0.2) is 9.97 Å². The number of hydrogen-bond acceptors (Lipinski definition) is 6. The number of H-pyrrole nitrogens is 1. The topological polar surface area (TPSA) is 122 Å². The molecular formula is C7H5Cl2N7O. The third-order valence-corrected chi connectivity index (χ3v) is 2.28. The van der Waals surface area contributed by atoms with Gasteiger partial charge in [-0.2, -0.15) is 4.98 Å². The van der Waals surface area contributed by atoms with Gasteiger partial charge in [-0.1, -0.05) is 23.2 Å². The average Bonchev–Trinajstić information content (AvgIpc) is 2.70. The van der Waals surface area contributed by atoms with Crippen LogP contribution < -0.4 is 11.1 Å². The van der Waals surface area contributed by atoms with Crippen LogP contribution in [0.4, 0.5) is 11.6 Å². The summed E-state index contributed by atoms with van der Waals surface area (Å²) in [5.41, 5.74) is 5.35. The van der Waals surface area contributed by atoms with Gasteiger partial charge in [0.2, 0.25) is 11.8 Å². The Balaban J connectivity index is 2.24. The highest BCUT2D eigenvalue weighted by molar-refractivity contribution is 6.38. The molecule has 4 N–H and O–H groups in total. The van der Waals surface area contributed by atoms with Crippen LogP contribution in [0.25, 0.3) is 0 Å². The largest absolute Gasteiger partial charge is 0.366 e. The lowest BCUT2D eigenvalue weighted by Crippen LogP contribution is -2.15. The number of rotatable bonds is 2. The number of nitrogens with two attached hydrogens (primary N) is 1. The Hall–Kier alpha value is -1.93. The lowest BCUT2D eigenvalue weighted by atomic mass is 10.4. The van der Waals surface area contributed by atoms with E-state index in [2.05, 4.69) is 30.5 Å². The fourth-order valence-corrected chi connectivity index (χ4v) is 1.41. The highest BCUT2D eigenvalue weighted by Crippen LogP contribution is 2.25. The lowest BCUT2D eigenvalue weighted by Gasteiger charge is -2.05. The van der Waals surface area contributed by atoms with Crippen molar-refractivity contribution in [3.8, 4) is 0 Å². The van der Waals surface area contributed by atoms with Gasteiger partial charge in [0.15, 0.2) is 10.3 Å². The predicted octanol–water partition coefficient (Wildman–Crippen LogP) is 0.736. The van der Waals surface area contributed by atoms with E-state index in [-0.39, 0.29) is 27.8 Å². The SMILES string of the molecule is Nc1n[nH]c(C(=O)Nc2c(Cl)ncnc2Cl)n1. The van der Waals surface area contributed by atoms with Gasteiger partial charge >= 0.3 is 0 Å². The Kier molecular flexibility index (Phi) is 3.07. The Morgan fingerprint density at radius 3 is 2.53 bits per heavy atom. The molecule has 8 nitrogen and oxygen atoms in total. The highest BCUT2D eigenvalue weighted by Gasteiger charge is 2.15. The van der Waals surface area contributed by atoms with Crippen molar-refractivity contribution in [2.24, 2.45) is 0 Å². The van der Waals surface area contributed by atoms with Crippen LogP contribution in [0, 0.1) is 0 Å². The van der Waals surface area contributed by atoms with Gasteiger partial charge in [-0.05, 0) is 0 Å². The number of carbonyl (C=O) groups is 1. The van der Waals surface area contributed by atoms with Crippen LogP contribution in [0.2, 0.25) is 10.3 Å². The summed E-state index contributed by atoms with van der Waals surface area (Å²) in [7, 11) is 0. The molecule has 2 aromatic heterocycles. The van der Waals surface area contributed by atoms with Gasteiger partial charge in [-0.15, -0.1) is 5.10 Å². The Morgan fingerprint density at radius 2 is 2.00 bits per heavy atom. The standard InChI is InChI=1S/C7H5Cl2N7O/c8-3-2(4(9)12-1-11-3)13-6(17)5-14-7(10)16-15-5/h1H,(H,13,17)(H3,10,14,15,16). The maximum Gasteiger partial charge on any atom is 0.293 e. The van der Waals surface area contributed by atoms with E-state index in [1.807, 2.05) is 0 Å². The quantitative estimate of drug-likeness (QED) is 0.694. The minimum Gasteiger partial charge on any atom is -0.366 e. The number of nitrogens with one attached hydrogen (secondary N) is 2. The first kappa shape index (κ1) is 11.6. The van der Waals surface area contributed by atoms with Gasteiger partial charge in [-0.3, -0.25) is 9.89 Å². The number of nitrogens with zero attached hydrogens (tertiary/aromatic N) is 4. The molecule has 2 aromatic rings. The molecule has 0 bridgehead atoms. The van der Waals surface area contributed by atoms with E-state index in [9.17, 15) is 4.79 Å². The van der Waals surface area contributed by atoms with E-state index in [1.54, 1.807) is 0 Å². The van der Waals surface area contributed by atoms with Crippen molar-refractivity contribution in [2.75, 3.05) is 11.1 Å². The molecule has 10 heteroatoms. The van der Waals surface area contributed by atoms with Gasteiger partial charge in [0.1, 0.15) is 12.0 Å². The maximum atomic E-state index is 11.7. The fraction of sp³-hybridized carbons (Fsp3) is 0. The van der Waals surface area contributed by atoms with Gasteiger partial charge < -0.3 is 11.1 Å². The molecule has 2 heterocycles. The molecule has 0 aromatic carbocycles. The number of amides is 1. The zero-order valence-corrected chi connectivity index (χ0v) is 9.62. The van der Waals surface area contributed by atoms with Crippen LogP contribution in [0.1, 0.15) is 10.6 Å². The first-order valence-electron chi connectivity index (χ1n) is 4.23. The van der Waals surface area contributed by atoms with E-state index in [4.69, 9.17) is 28.9 Å². The van der Waals surface area contributed by atoms with Crippen LogP contribution in [-0.2, 0) is 0 Å². The van der Waals surface area contributed by atoms with Crippen LogP contribution in [-0.4, -0.2) is 31.1 Å². The van der Waals surface area contributed by atoms with Gasteiger partial charge in [0.05, 0.1) is 0 Å². The highest BCUT2D eigenvalue weighted by atomic mass is 35.5. The summed E-state index contributed by atoms with van der Waals surface area (Å²) in [5, 5.41) is 8.28. The van der Waals surface area contributed by atoms with Crippen molar-refractivity contribution >= 4 is 40.7 Å². The molecule has 0 aliphatic rings. The Bertz CT molecular complexity index is 549. The van der Waals surface area contributed by atoms with Crippen LogP contribution in [0.5, 0.6) is 0 Å². The van der Waals surface area contributed by atoms with Gasteiger partial charge in [0, 0.05) is 0 Å². The molecular weight excluding hydrogens is 269 g/mol. The molecule has 0 aliphatic heterocycles. The summed E-state index contributed by atoms with van der Waals surface area (Å²) >= 11 is 11.5. The number of carbonyl (C=O) groups excluding carboxylic acids is 1. The molecule has 0 saturated carbocycles. The number of aromatic nitrogens is 5. The number of anilines is 2. The molecule has 17 heavy (non-hydrogen) atoms. The molecule has 0 unspecified atom stereocenters. The molecule has 0 spiro atoms. The number of hydrogen-bond donors (Lipinski definition) is 3. The van der Waals surface area contributed by atoms with Crippen molar-refractivity contribution in [1.29, 1.82) is 0 Å². The van der Waals surface area contributed by atoms with Crippen molar-refractivity contribution in [3.05, 3.63) is 22.5 Å². The molecule has 0 saturated heterocycles. The second kappa shape index (κ2) is 4.52. The Labute approximate surface area is 105 Å². The van der Waals surface area contributed by atoms with Crippen molar-refractivity contribution < 1.29 is 4.79 Å². The summed E-state index contributed by atoms with van der Waals surface area (Å²) in [6.45, 7) is 0. The first-order chi connectivity index (χ1) is 8.08. The normalized spacial score (nSPS) is 10.2. The van der Waals surface area contributed by atoms with Crippen molar-refractivity contribution in [2.45, 2.75) is 0 Å². The molecule has 0 radical (unpaired) electrons. The zero-order valence-electron chi connectivity index (χ0n) is 8.11. The van der Waals surface area contributed by atoms with Crippen LogP contribution in [0.15, 0.2) is 6.33 Å². The number of halogens is 2. The molecule has 88 valence electrons. The molecule has 1 amide bonds. The molecule has 0 aliphatic carbocycles. The fourth-order valence-electron chi connectivity index (χ4n) is 0.997. The molecule has 0 atom stereocenters. The van der Waals surface area contributed by atoms with Crippen LogP contribution in [0.3, 0.4) is 0 Å². The summed E-state index contributed by atoms with van der Waals surface area (Å²) < 4.78 is 0. The number of nitrogen functional groups attached to an aromatic ring is 1. The molecule has 0 fully saturated rings. The smallest absolute Gasteiger partial charge is 0.293 e. The third kappa shape index (κ3) is 2.43. The van der Waals surface area contributed by atoms with E-state index in [1.165, 1.54) is 6.33 Å². The summed E-state index contributed by atoms with van der Waals surface area (Å²) in [6, 6.07) is 0. The average molecular weight is 274 g/mol. The summed E-state index contributed by atoms with van der Waals surface area (Å²) in [6.07, 6.45) is 1.17. The summed E-state index contributed by atoms with van der Waals surface area (Å²) in [4.78, 5) is 22.6. The van der Waals surface area contributed by atoms with E-state index >= 15 is 0 Å². The lowest BCUT2D eigenvalue weighted by molar-refractivity contribution is 0.101. The predicted molar refractivity (Wildman–Crippen MR) is 60.8 cm³/mol. The summed E-state index contributed by atoms with van der Waals surface area (Å²) in [5.74, 6) is -0.719. The van der Waals surface area contributed by atoms with Crippen molar-refractivity contribution in [3.63, 3.8) is 0 Å². The van der Waals surface area contributed by atoms with Crippen molar-refractivity contribution in [1.82, 2.24) is 25.1 Å². The minimum atomic E-state index is -0.604. The minimum absolute atomic E-state index is 0.0193. The third-order valence-electron chi connectivity index (χ3n) is 1.71. The van der Waals surface area contributed by atoms with Gasteiger partial charge in [0.25, 0.3) is 5.91 Å². The monoisotopic (exact) mass is 273 g/mol. The van der Waals surface area contributed by atoms with E-state index < -0.39 is 5.91 Å². The zero-order chi connectivity index (χ0) is 12.4. The first-order valence-corrected chi connectivity index (χ1v) is 4.98. The van der Waals surface area contributed by atoms with E-state index in [0.717, 1.165) is 0 Å². The second-order valence-corrected chi connectivity index (χ2v) is 3.54. The second-order valence-electron chi connectivity index (χ2n) is 2.83. The number of aromatic amines is 1. The van der Waals surface area contributed by atoms with E-state index in [0.29, 0.717) is 0 Å². The molecule has 2 rings (SSSR count). The Morgan fingerprint density at radius 1 is 1.35 bits per heavy atom. The maximum absolute atomic E-state index is 11.7. The van der Waals surface area contributed by atoms with Crippen LogP contribution >= 0.6 is 23.2 Å².